The Morgan fingerprint density at radius 2 is 2.12 bits per heavy atom. The van der Waals surface area contributed by atoms with Crippen LogP contribution in [0.1, 0.15) is 33.5 Å². The molecule has 0 bridgehead atoms. The Morgan fingerprint density at radius 1 is 1.44 bits per heavy atom. The number of hydrogen-bond acceptors (Lipinski definition) is 4. The van der Waals surface area contributed by atoms with Crippen molar-refractivity contribution >= 4 is 5.78 Å². The van der Waals surface area contributed by atoms with Crippen molar-refractivity contribution < 1.29 is 4.79 Å². The van der Waals surface area contributed by atoms with Gasteiger partial charge in [-0.05, 0) is 0 Å². The summed E-state index contributed by atoms with van der Waals surface area (Å²) < 4.78 is 0. The second kappa shape index (κ2) is 5.75. The molecule has 0 spiro atoms. The van der Waals surface area contributed by atoms with Gasteiger partial charge in [0.2, 0.25) is 0 Å². The Morgan fingerprint density at radius 3 is 2.56 bits per heavy atom. The topological polar surface area (TPSA) is 70.7 Å². The lowest BCUT2D eigenvalue weighted by atomic mass is 9.98. The van der Waals surface area contributed by atoms with Crippen LogP contribution in [0.2, 0.25) is 0 Å². The molecule has 0 saturated heterocycles. The molecule has 90 valence electrons. The first-order chi connectivity index (χ1) is 7.50. The summed E-state index contributed by atoms with van der Waals surface area (Å²) in [4.78, 5) is 16.0. The van der Waals surface area contributed by atoms with Gasteiger partial charge in [-0.1, -0.05) is 27.7 Å². The van der Waals surface area contributed by atoms with Gasteiger partial charge in [0.15, 0.2) is 5.78 Å². The first kappa shape index (κ1) is 12.8. The molecule has 0 aliphatic carbocycles. The van der Waals surface area contributed by atoms with Crippen LogP contribution in [0.4, 0.5) is 0 Å². The summed E-state index contributed by atoms with van der Waals surface area (Å²) in [6.45, 7) is 7.89. The van der Waals surface area contributed by atoms with Crippen molar-refractivity contribution in [3.05, 3.63) is 12.2 Å². The van der Waals surface area contributed by atoms with E-state index in [0.29, 0.717) is 6.42 Å². The van der Waals surface area contributed by atoms with Crippen LogP contribution in [0.15, 0.2) is 6.33 Å². The number of nitrogens with zero attached hydrogens (tertiary/aromatic N) is 2. The molecule has 0 amide bonds. The number of hydrogen-bond donors (Lipinski definition) is 2. The summed E-state index contributed by atoms with van der Waals surface area (Å²) >= 11 is 0. The van der Waals surface area contributed by atoms with Gasteiger partial charge in [0.05, 0.1) is 6.04 Å². The fraction of sp³-hybridized carbons (Fsp3) is 0.727. The van der Waals surface area contributed by atoms with Crippen LogP contribution in [0, 0.1) is 5.92 Å². The number of aromatic amines is 1. The summed E-state index contributed by atoms with van der Waals surface area (Å²) in [6, 6.07) is 0.0866. The zero-order chi connectivity index (χ0) is 12.1. The highest BCUT2D eigenvalue weighted by atomic mass is 16.1. The quantitative estimate of drug-likeness (QED) is 0.754. The fourth-order valence-electron chi connectivity index (χ4n) is 1.57. The lowest BCUT2D eigenvalue weighted by molar-refractivity contribution is -0.124. The average Bonchev–Trinajstić information content (AvgIpc) is 2.67. The highest BCUT2D eigenvalue weighted by Crippen LogP contribution is 2.05. The first-order valence-corrected chi connectivity index (χ1v) is 5.64. The second-order valence-corrected chi connectivity index (χ2v) is 4.57. The minimum absolute atomic E-state index is 0.0270. The highest BCUT2D eigenvalue weighted by molar-refractivity contribution is 5.85. The number of carbonyl (C=O) groups excluding carboxylic acids is 1. The summed E-state index contributed by atoms with van der Waals surface area (Å²) in [7, 11) is 0. The summed E-state index contributed by atoms with van der Waals surface area (Å²) in [5.41, 5.74) is 0. The number of ketones is 1. The molecule has 0 aliphatic rings. The summed E-state index contributed by atoms with van der Waals surface area (Å²) in [6.07, 6.45) is 2.02. The second-order valence-electron chi connectivity index (χ2n) is 4.57. The first-order valence-electron chi connectivity index (χ1n) is 5.64. The molecule has 0 fully saturated rings. The fourth-order valence-corrected chi connectivity index (χ4v) is 1.57. The lowest BCUT2D eigenvalue weighted by Gasteiger charge is -2.20. The van der Waals surface area contributed by atoms with Crippen LogP contribution in [0.25, 0.3) is 0 Å². The molecule has 1 heterocycles. The standard InChI is InChI=1S/C11H20N4O/c1-7(2)11(16)9(14-8(3)4)5-10-12-6-13-15-10/h6-9,14H,5H2,1-4H3,(H,12,13,15). The molecule has 0 aliphatic heterocycles. The minimum atomic E-state index is -0.187. The number of H-pyrrole nitrogens is 1. The van der Waals surface area contributed by atoms with E-state index in [9.17, 15) is 4.79 Å². The molecule has 0 aromatic carbocycles. The van der Waals surface area contributed by atoms with Crippen molar-refractivity contribution in [3.8, 4) is 0 Å². The van der Waals surface area contributed by atoms with Crippen molar-refractivity contribution in [2.24, 2.45) is 5.92 Å². The third-order valence-corrected chi connectivity index (χ3v) is 2.31. The molecule has 5 nitrogen and oxygen atoms in total. The molecule has 0 saturated carbocycles. The Balaban J connectivity index is 2.67. The molecule has 1 unspecified atom stereocenters. The van der Waals surface area contributed by atoms with E-state index in [1.807, 2.05) is 27.7 Å². The maximum atomic E-state index is 12.0. The van der Waals surface area contributed by atoms with Crippen molar-refractivity contribution in [3.63, 3.8) is 0 Å². The predicted molar refractivity (Wildman–Crippen MR) is 62.0 cm³/mol. The number of aromatic nitrogens is 3. The van der Waals surface area contributed by atoms with E-state index in [1.165, 1.54) is 6.33 Å². The van der Waals surface area contributed by atoms with E-state index in [4.69, 9.17) is 0 Å². The molecular weight excluding hydrogens is 204 g/mol. The Hall–Kier alpha value is -1.23. The van der Waals surface area contributed by atoms with E-state index in [-0.39, 0.29) is 23.8 Å². The van der Waals surface area contributed by atoms with Crippen LogP contribution in [-0.4, -0.2) is 33.0 Å². The van der Waals surface area contributed by atoms with Gasteiger partial charge in [-0.15, -0.1) is 0 Å². The number of nitrogens with one attached hydrogen (secondary N) is 2. The van der Waals surface area contributed by atoms with Crippen molar-refractivity contribution in [2.75, 3.05) is 0 Å². The van der Waals surface area contributed by atoms with E-state index in [2.05, 4.69) is 20.5 Å². The van der Waals surface area contributed by atoms with Crippen LogP contribution in [-0.2, 0) is 11.2 Å². The van der Waals surface area contributed by atoms with Crippen molar-refractivity contribution in [2.45, 2.75) is 46.2 Å². The van der Waals surface area contributed by atoms with Gasteiger partial charge >= 0.3 is 0 Å². The van der Waals surface area contributed by atoms with Crippen molar-refractivity contribution in [1.82, 2.24) is 20.5 Å². The van der Waals surface area contributed by atoms with Gasteiger partial charge in [0.25, 0.3) is 0 Å². The van der Waals surface area contributed by atoms with E-state index in [0.717, 1.165) is 5.82 Å². The van der Waals surface area contributed by atoms with Gasteiger partial charge in [-0.3, -0.25) is 9.89 Å². The molecule has 1 rings (SSSR count). The smallest absolute Gasteiger partial charge is 0.152 e. The molecule has 1 aromatic rings. The van der Waals surface area contributed by atoms with Gasteiger partial charge in [0, 0.05) is 18.4 Å². The largest absolute Gasteiger partial charge is 0.305 e. The van der Waals surface area contributed by atoms with Gasteiger partial charge in [0.1, 0.15) is 12.2 Å². The zero-order valence-electron chi connectivity index (χ0n) is 10.3. The lowest BCUT2D eigenvalue weighted by Crippen LogP contribution is -2.44. The molecular formula is C11H20N4O. The highest BCUT2D eigenvalue weighted by Gasteiger charge is 2.22. The van der Waals surface area contributed by atoms with Gasteiger partial charge in [-0.2, -0.15) is 5.10 Å². The van der Waals surface area contributed by atoms with Crippen LogP contribution in [0.5, 0.6) is 0 Å². The maximum Gasteiger partial charge on any atom is 0.152 e. The van der Waals surface area contributed by atoms with Crippen LogP contribution < -0.4 is 5.32 Å². The molecule has 1 atom stereocenters. The summed E-state index contributed by atoms with van der Waals surface area (Å²) in [5.74, 6) is 0.983. The third-order valence-electron chi connectivity index (χ3n) is 2.31. The van der Waals surface area contributed by atoms with Gasteiger partial charge < -0.3 is 5.32 Å². The summed E-state index contributed by atoms with van der Waals surface area (Å²) in [5, 5.41) is 9.83. The minimum Gasteiger partial charge on any atom is -0.305 e. The Labute approximate surface area is 96.0 Å². The van der Waals surface area contributed by atoms with Crippen LogP contribution in [0.3, 0.4) is 0 Å². The average molecular weight is 224 g/mol. The van der Waals surface area contributed by atoms with Gasteiger partial charge in [-0.25, -0.2) is 4.98 Å². The Bertz CT molecular complexity index is 319. The number of Topliss-reactive ketones (excluding diaryl/α,β-unsaturated/α-hetero) is 1. The molecule has 5 heteroatoms. The molecule has 1 aromatic heterocycles. The van der Waals surface area contributed by atoms with Crippen LogP contribution >= 0.6 is 0 Å². The number of rotatable bonds is 6. The number of carbonyl (C=O) groups is 1. The monoisotopic (exact) mass is 224 g/mol. The normalized spacial score (nSPS) is 13.4. The zero-order valence-corrected chi connectivity index (χ0v) is 10.3. The predicted octanol–water partition coefficient (Wildman–Crippen LogP) is 0.939. The van der Waals surface area contributed by atoms with E-state index in [1.54, 1.807) is 0 Å². The molecule has 16 heavy (non-hydrogen) atoms. The van der Waals surface area contributed by atoms with E-state index >= 15 is 0 Å². The molecule has 0 radical (unpaired) electrons. The maximum absolute atomic E-state index is 12.0. The third kappa shape index (κ3) is 3.73. The van der Waals surface area contributed by atoms with Crippen molar-refractivity contribution in [1.29, 1.82) is 0 Å². The molecule has 2 N–H and O–H groups in total. The SMILES string of the molecule is CC(C)NC(Cc1ncn[nH]1)C(=O)C(C)C. The van der Waals surface area contributed by atoms with E-state index < -0.39 is 0 Å². The Kier molecular flexibility index (Phi) is 4.61.